The number of likely N-dealkylation sites (N-methyl/N-ethyl adjacent to an activating group) is 1. The smallest absolute Gasteiger partial charge is 0.259 e. The van der Waals surface area contributed by atoms with Crippen molar-refractivity contribution in [2.45, 2.75) is 6.92 Å². The maximum absolute atomic E-state index is 12.5. The Morgan fingerprint density at radius 1 is 1.12 bits per heavy atom. The van der Waals surface area contributed by atoms with Crippen molar-refractivity contribution in [2.75, 3.05) is 26.7 Å². The molecule has 1 aliphatic rings. The molecule has 5 heteroatoms. The number of hydrogen-bond acceptors (Lipinski definition) is 3. The molecule has 2 amide bonds. The number of carbonyl (C=O) groups is 2. The summed E-state index contributed by atoms with van der Waals surface area (Å²) in [6.45, 7) is 6.75. The van der Waals surface area contributed by atoms with Crippen LogP contribution in [0.4, 0.5) is 0 Å². The highest BCUT2D eigenvalue weighted by atomic mass is 16.5. The molecular formula is C21H22N2O3. The van der Waals surface area contributed by atoms with E-state index in [1.165, 1.54) is 4.90 Å². The van der Waals surface area contributed by atoms with Gasteiger partial charge in [-0.1, -0.05) is 43.0 Å². The van der Waals surface area contributed by atoms with Crippen LogP contribution in [0.3, 0.4) is 0 Å². The van der Waals surface area contributed by atoms with Gasteiger partial charge in [-0.25, -0.2) is 0 Å². The third-order valence-electron chi connectivity index (χ3n) is 4.54. The Hall–Kier alpha value is -3.08. The molecule has 2 aromatic rings. The molecule has 0 N–H and O–H groups in total. The number of aryl methyl sites for hydroxylation is 1. The lowest BCUT2D eigenvalue weighted by Gasteiger charge is -2.22. The summed E-state index contributed by atoms with van der Waals surface area (Å²) < 4.78 is 5.73. The molecule has 26 heavy (non-hydrogen) atoms. The Bertz CT molecular complexity index is 825. The van der Waals surface area contributed by atoms with E-state index in [9.17, 15) is 9.59 Å². The summed E-state index contributed by atoms with van der Waals surface area (Å²) >= 11 is 0. The van der Waals surface area contributed by atoms with Crippen molar-refractivity contribution in [2.24, 2.45) is 0 Å². The van der Waals surface area contributed by atoms with Crippen LogP contribution >= 0.6 is 0 Å². The fraction of sp³-hybridized carbons (Fsp3) is 0.238. The van der Waals surface area contributed by atoms with Crippen molar-refractivity contribution in [3.8, 4) is 5.75 Å². The first-order valence-electron chi connectivity index (χ1n) is 8.51. The van der Waals surface area contributed by atoms with E-state index in [0.29, 0.717) is 24.4 Å². The second kappa shape index (κ2) is 7.44. The molecule has 0 fully saturated rings. The van der Waals surface area contributed by atoms with Gasteiger partial charge in [-0.3, -0.25) is 14.5 Å². The largest absolute Gasteiger partial charge is 0.491 e. The number of fused-ring (bicyclic) bond motifs is 1. The van der Waals surface area contributed by atoms with Crippen molar-refractivity contribution >= 4 is 17.5 Å². The normalized spacial score (nSPS) is 12.9. The summed E-state index contributed by atoms with van der Waals surface area (Å²) in [4.78, 5) is 28.0. The molecule has 134 valence electrons. The van der Waals surface area contributed by atoms with Gasteiger partial charge in [0, 0.05) is 23.9 Å². The van der Waals surface area contributed by atoms with Crippen LogP contribution < -0.4 is 4.74 Å². The summed E-state index contributed by atoms with van der Waals surface area (Å²) in [6, 6.07) is 15.0. The standard InChI is InChI=1S/C21H22N2O3/c1-15-8-4-7-11-19(15)26-13-12-22(3)20(24)14-23-16(2)17-9-5-6-10-18(17)21(23)25/h4-11H,2,12-14H2,1,3H3. The Labute approximate surface area is 153 Å². The molecule has 0 saturated carbocycles. The summed E-state index contributed by atoms with van der Waals surface area (Å²) in [5.74, 6) is 0.482. The number of hydrogen-bond donors (Lipinski definition) is 0. The Morgan fingerprint density at radius 2 is 1.77 bits per heavy atom. The first kappa shape index (κ1) is 17.7. The zero-order valence-corrected chi connectivity index (χ0v) is 15.1. The highest BCUT2D eigenvalue weighted by Crippen LogP contribution is 2.30. The first-order valence-corrected chi connectivity index (χ1v) is 8.51. The predicted molar refractivity (Wildman–Crippen MR) is 101 cm³/mol. The highest BCUT2D eigenvalue weighted by molar-refractivity contribution is 6.10. The molecule has 0 spiro atoms. The number of amides is 2. The van der Waals surface area contributed by atoms with Gasteiger partial charge < -0.3 is 9.64 Å². The van der Waals surface area contributed by atoms with E-state index >= 15 is 0 Å². The maximum atomic E-state index is 12.5. The molecule has 2 aromatic carbocycles. The molecule has 3 rings (SSSR count). The summed E-state index contributed by atoms with van der Waals surface area (Å²) in [5, 5.41) is 0. The van der Waals surface area contributed by atoms with E-state index < -0.39 is 0 Å². The van der Waals surface area contributed by atoms with Gasteiger partial charge in [0.05, 0.1) is 6.54 Å². The number of rotatable bonds is 6. The van der Waals surface area contributed by atoms with Crippen LogP contribution in [0.15, 0.2) is 55.1 Å². The molecule has 0 bridgehead atoms. The maximum Gasteiger partial charge on any atom is 0.259 e. The molecule has 0 saturated heterocycles. The zero-order valence-electron chi connectivity index (χ0n) is 15.1. The fourth-order valence-corrected chi connectivity index (χ4v) is 2.89. The topological polar surface area (TPSA) is 49.9 Å². The molecule has 5 nitrogen and oxygen atoms in total. The van der Waals surface area contributed by atoms with Gasteiger partial charge in [0.25, 0.3) is 5.91 Å². The van der Waals surface area contributed by atoms with Gasteiger partial charge in [0.15, 0.2) is 0 Å². The molecule has 0 aromatic heterocycles. The lowest BCUT2D eigenvalue weighted by atomic mass is 10.1. The van der Waals surface area contributed by atoms with Gasteiger partial charge in [-0.05, 0) is 24.6 Å². The van der Waals surface area contributed by atoms with Crippen molar-refractivity contribution in [3.05, 3.63) is 71.8 Å². The number of para-hydroxylation sites is 1. The quantitative estimate of drug-likeness (QED) is 0.805. The SMILES string of the molecule is C=C1c2ccccc2C(=O)N1CC(=O)N(C)CCOc1ccccc1C. The third kappa shape index (κ3) is 3.47. The van der Waals surface area contributed by atoms with Crippen LogP contribution in [-0.4, -0.2) is 48.4 Å². The fourth-order valence-electron chi connectivity index (χ4n) is 2.89. The average Bonchev–Trinajstić information content (AvgIpc) is 2.88. The second-order valence-corrected chi connectivity index (χ2v) is 6.31. The zero-order chi connectivity index (χ0) is 18.7. The van der Waals surface area contributed by atoms with Crippen LogP contribution in [0.5, 0.6) is 5.75 Å². The van der Waals surface area contributed by atoms with Crippen molar-refractivity contribution in [1.29, 1.82) is 0 Å². The highest BCUT2D eigenvalue weighted by Gasteiger charge is 2.32. The van der Waals surface area contributed by atoms with Gasteiger partial charge in [0.2, 0.25) is 5.91 Å². The van der Waals surface area contributed by atoms with E-state index in [1.54, 1.807) is 18.0 Å². The van der Waals surface area contributed by atoms with E-state index in [1.807, 2.05) is 49.4 Å². The molecule has 1 aliphatic heterocycles. The molecule has 0 aliphatic carbocycles. The molecule has 0 unspecified atom stereocenters. The van der Waals surface area contributed by atoms with Crippen LogP contribution in [0.1, 0.15) is 21.5 Å². The van der Waals surface area contributed by atoms with Gasteiger partial charge in [-0.2, -0.15) is 0 Å². The molecule has 1 heterocycles. The number of benzene rings is 2. The average molecular weight is 350 g/mol. The van der Waals surface area contributed by atoms with E-state index in [-0.39, 0.29) is 18.4 Å². The van der Waals surface area contributed by atoms with Crippen LogP contribution in [0.2, 0.25) is 0 Å². The van der Waals surface area contributed by atoms with Crippen LogP contribution in [-0.2, 0) is 4.79 Å². The minimum absolute atomic E-state index is 0.0206. The van der Waals surface area contributed by atoms with Crippen molar-refractivity contribution in [1.82, 2.24) is 9.80 Å². The monoisotopic (exact) mass is 350 g/mol. The summed E-state index contributed by atoms with van der Waals surface area (Å²) in [6.07, 6.45) is 0. The number of carbonyl (C=O) groups excluding carboxylic acids is 2. The van der Waals surface area contributed by atoms with E-state index in [2.05, 4.69) is 6.58 Å². The Kier molecular flexibility index (Phi) is 5.07. The predicted octanol–water partition coefficient (Wildman–Crippen LogP) is 2.96. The molecule has 0 atom stereocenters. The third-order valence-corrected chi connectivity index (χ3v) is 4.54. The summed E-state index contributed by atoms with van der Waals surface area (Å²) in [7, 11) is 1.71. The minimum atomic E-state index is -0.177. The lowest BCUT2D eigenvalue weighted by molar-refractivity contribution is -0.130. The minimum Gasteiger partial charge on any atom is -0.491 e. The second-order valence-electron chi connectivity index (χ2n) is 6.31. The van der Waals surface area contributed by atoms with E-state index in [4.69, 9.17) is 4.74 Å². The molecule has 0 radical (unpaired) electrons. The Balaban J connectivity index is 1.54. The summed E-state index contributed by atoms with van der Waals surface area (Å²) in [5.41, 5.74) is 3.01. The lowest BCUT2D eigenvalue weighted by Crippen LogP contribution is -2.39. The van der Waals surface area contributed by atoms with Crippen molar-refractivity contribution < 1.29 is 14.3 Å². The van der Waals surface area contributed by atoms with Gasteiger partial charge in [-0.15, -0.1) is 0 Å². The molecular weight excluding hydrogens is 328 g/mol. The van der Waals surface area contributed by atoms with Crippen LogP contribution in [0, 0.1) is 6.92 Å². The number of ether oxygens (including phenoxy) is 1. The van der Waals surface area contributed by atoms with Gasteiger partial charge in [0.1, 0.15) is 18.9 Å². The Morgan fingerprint density at radius 3 is 2.46 bits per heavy atom. The van der Waals surface area contributed by atoms with Crippen LogP contribution in [0.25, 0.3) is 5.70 Å². The van der Waals surface area contributed by atoms with Gasteiger partial charge >= 0.3 is 0 Å². The van der Waals surface area contributed by atoms with Crippen molar-refractivity contribution in [3.63, 3.8) is 0 Å². The van der Waals surface area contributed by atoms with E-state index in [0.717, 1.165) is 16.9 Å². The number of nitrogens with zero attached hydrogens (tertiary/aromatic N) is 2. The first-order chi connectivity index (χ1) is 12.5.